The van der Waals surface area contributed by atoms with Gasteiger partial charge in [0.2, 0.25) is 0 Å². The van der Waals surface area contributed by atoms with Crippen LogP contribution < -0.4 is 0 Å². The lowest BCUT2D eigenvalue weighted by Crippen LogP contribution is -2.17. The number of aryl methyl sites for hydroxylation is 1. The number of pyridine rings is 1. The largest absolute Gasteiger partial charge is 0.298 e. The van der Waals surface area contributed by atoms with E-state index in [-0.39, 0.29) is 0 Å². The molecule has 2 heterocycles. The zero-order valence-electron chi connectivity index (χ0n) is 13.0. The van der Waals surface area contributed by atoms with Gasteiger partial charge in [-0.2, -0.15) is 5.10 Å². The standard InChI is InChI=1S/C18H20N4/c1-21(12-15-8-10-19-11-9-15)13-17-14-22(2)20-18(17)16-6-4-3-5-7-16/h3-11,14H,12-13H2,1-2H3. The Balaban J connectivity index is 1.78. The first kappa shape index (κ1) is 14.5. The van der Waals surface area contributed by atoms with Crippen LogP contribution in [0.15, 0.2) is 61.1 Å². The number of nitrogens with zero attached hydrogens (tertiary/aromatic N) is 4. The quantitative estimate of drug-likeness (QED) is 0.724. The molecule has 0 aliphatic heterocycles. The Morgan fingerprint density at radius 3 is 2.45 bits per heavy atom. The molecule has 0 bridgehead atoms. The third-order valence-corrected chi connectivity index (χ3v) is 3.59. The van der Waals surface area contributed by atoms with E-state index in [4.69, 9.17) is 0 Å². The molecule has 0 spiro atoms. The van der Waals surface area contributed by atoms with Crippen LogP contribution >= 0.6 is 0 Å². The Morgan fingerprint density at radius 1 is 1.00 bits per heavy atom. The van der Waals surface area contributed by atoms with Gasteiger partial charge in [-0.05, 0) is 24.7 Å². The van der Waals surface area contributed by atoms with Crippen LogP contribution in [-0.4, -0.2) is 26.7 Å². The maximum atomic E-state index is 4.62. The number of rotatable bonds is 5. The molecule has 3 aromatic rings. The van der Waals surface area contributed by atoms with Gasteiger partial charge in [0, 0.05) is 49.9 Å². The first-order chi connectivity index (χ1) is 10.7. The summed E-state index contributed by atoms with van der Waals surface area (Å²) in [6, 6.07) is 14.4. The monoisotopic (exact) mass is 292 g/mol. The maximum absolute atomic E-state index is 4.62. The van der Waals surface area contributed by atoms with Gasteiger partial charge in [0.05, 0.1) is 5.69 Å². The van der Waals surface area contributed by atoms with Crippen LogP contribution in [0.4, 0.5) is 0 Å². The molecule has 112 valence electrons. The molecule has 0 N–H and O–H groups in total. The van der Waals surface area contributed by atoms with E-state index in [2.05, 4.69) is 64.6 Å². The Labute approximate surface area is 131 Å². The fourth-order valence-electron chi connectivity index (χ4n) is 2.64. The van der Waals surface area contributed by atoms with Gasteiger partial charge in [-0.15, -0.1) is 0 Å². The molecular formula is C18H20N4. The second-order valence-corrected chi connectivity index (χ2v) is 5.57. The predicted octanol–water partition coefficient (Wildman–Crippen LogP) is 3.11. The van der Waals surface area contributed by atoms with Gasteiger partial charge in [-0.25, -0.2) is 0 Å². The lowest BCUT2D eigenvalue weighted by Gasteiger charge is -2.16. The number of hydrogen-bond acceptors (Lipinski definition) is 3. The smallest absolute Gasteiger partial charge is 0.0968 e. The van der Waals surface area contributed by atoms with Gasteiger partial charge in [-0.3, -0.25) is 14.6 Å². The lowest BCUT2D eigenvalue weighted by molar-refractivity contribution is 0.319. The summed E-state index contributed by atoms with van der Waals surface area (Å²) in [5.41, 5.74) is 4.73. The highest BCUT2D eigenvalue weighted by Gasteiger charge is 2.12. The van der Waals surface area contributed by atoms with Gasteiger partial charge in [0.1, 0.15) is 0 Å². The summed E-state index contributed by atoms with van der Waals surface area (Å²) >= 11 is 0. The van der Waals surface area contributed by atoms with Crippen LogP contribution in [0.1, 0.15) is 11.1 Å². The van der Waals surface area contributed by atoms with E-state index in [1.165, 1.54) is 11.1 Å². The van der Waals surface area contributed by atoms with E-state index in [1.54, 1.807) is 0 Å². The molecule has 2 aromatic heterocycles. The molecular weight excluding hydrogens is 272 g/mol. The predicted molar refractivity (Wildman–Crippen MR) is 88.1 cm³/mol. The van der Waals surface area contributed by atoms with Gasteiger partial charge in [-0.1, -0.05) is 30.3 Å². The first-order valence-electron chi connectivity index (χ1n) is 7.38. The Hall–Kier alpha value is -2.46. The Bertz CT molecular complexity index is 719. The molecule has 0 unspecified atom stereocenters. The van der Waals surface area contributed by atoms with Crippen molar-refractivity contribution < 1.29 is 0 Å². The molecule has 22 heavy (non-hydrogen) atoms. The average molecular weight is 292 g/mol. The van der Waals surface area contributed by atoms with Crippen molar-refractivity contribution in [1.82, 2.24) is 19.7 Å². The Morgan fingerprint density at radius 2 is 1.73 bits per heavy atom. The second kappa shape index (κ2) is 6.54. The van der Waals surface area contributed by atoms with Crippen molar-refractivity contribution >= 4 is 0 Å². The van der Waals surface area contributed by atoms with Crippen LogP contribution in [0.25, 0.3) is 11.3 Å². The van der Waals surface area contributed by atoms with Crippen molar-refractivity contribution in [1.29, 1.82) is 0 Å². The molecule has 1 aromatic carbocycles. The van der Waals surface area contributed by atoms with Crippen molar-refractivity contribution in [3.8, 4) is 11.3 Å². The van der Waals surface area contributed by atoms with E-state index >= 15 is 0 Å². The fourth-order valence-corrected chi connectivity index (χ4v) is 2.64. The van der Waals surface area contributed by atoms with E-state index in [9.17, 15) is 0 Å². The van der Waals surface area contributed by atoms with Crippen LogP contribution in [-0.2, 0) is 20.1 Å². The van der Waals surface area contributed by atoms with Gasteiger partial charge in [0.15, 0.2) is 0 Å². The molecule has 4 nitrogen and oxygen atoms in total. The summed E-state index contributed by atoms with van der Waals surface area (Å²) in [5, 5.41) is 4.62. The summed E-state index contributed by atoms with van der Waals surface area (Å²) in [5.74, 6) is 0. The summed E-state index contributed by atoms with van der Waals surface area (Å²) in [4.78, 5) is 6.35. The normalized spacial score (nSPS) is 11.0. The first-order valence-corrected chi connectivity index (χ1v) is 7.38. The molecule has 3 rings (SSSR count). The van der Waals surface area contributed by atoms with Gasteiger partial charge in [0.25, 0.3) is 0 Å². The van der Waals surface area contributed by atoms with E-state index in [0.29, 0.717) is 0 Å². The van der Waals surface area contributed by atoms with E-state index in [1.807, 2.05) is 30.2 Å². The molecule has 0 aliphatic rings. The molecule has 4 heteroatoms. The van der Waals surface area contributed by atoms with Gasteiger partial charge < -0.3 is 0 Å². The van der Waals surface area contributed by atoms with Crippen molar-refractivity contribution in [3.05, 3.63) is 72.2 Å². The summed E-state index contributed by atoms with van der Waals surface area (Å²) in [6.45, 7) is 1.76. The average Bonchev–Trinajstić information content (AvgIpc) is 2.89. The minimum atomic E-state index is 0.861. The third kappa shape index (κ3) is 3.40. The maximum Gasteiger partial charge on any atom is 0.0968 e. The molecule has 0 fully saturated rings. The molecule has 0 saturated carbocycles. The van der Waals surface area contributed by atoms with Crippen molar-refractivity contribution in [2.75, 3.05) is 7.05 Å². The SMILES string of the molecule is CN(Cc1ccncc1)Cc1cn(C)nc1-c1ccccc1. The lowest BCUT2D eigenvalue weighted by atomic mass is 10.1. The molecule has 0 aliphatic carbocycles. The fraction of sp³-hybridized carbons (Fsp3) is 0.222. The summed E-state index contributed by atoms with van der Waals surface area (Å²) < 4.78 is 1.89. The minimum Gasteiger partial charge on any atom is -0.298 e. The van der Waals surface area contributed by atoms with Crippen LogP contribution in [0.3, 0.4) is 0 Å². The number of benzene rings is 1. The Kier molecular flexibility index (Phi) is 4.30. The van der Waals surface area contributed by atoms with E-state index < -0.39 is 0 Å². The summed E-state index contributed by atoms with van der Waals surface area (Å²) in [6.07, 6.45) is 5.77. The van der Waals surface area contributed by atoms with Gasteiger partial charge >= 0.3 is 0 Å². The third-order valence-electron chi connectivity index (χ3n) is 3.59. The molecule has 0 radical (unpaired) electrons. The highest BCUT2D eigenvalue weighted by atomic mass is 15.3. The second-order valence-electron chi connectivity index (χ2n) is 5.57. The van der Waals surface area contributed by atoms with Crippen LogP contribution in [0.2, 0.25) is 0 Å². The van der Waals surface area contributed by atoms with Crippen LogP contribution in [0.5, 0.6) is 0 Å². The highest BCUT2D eigenvalue weighted by molar-refractivity contribution is 5.62. The zero-order chi connectivity index (χ0) is 15.4. The summed E-state index contributed by atoms with van der Waals surface area (Å²) in [7, 11) is 4.10. The van der Waals surface area contributed by atoms with E-state index in [0.717, 1.165) is 24.3 Å². The van der Waals surface area contributed by atoms with Crippen molar-refractivity contribution in [2.45, 2.75) is 13.1 Å². The topological polar surface area (TPSA) is 34.0 Å². The number of hydrogen-bond donors (Lipinski definition) is 0. The zero-order valence-corrected chi connectivity index (χ0v) is 13.0. The minimum absolute atomic E-state index is 0.861. The molecule has 0 amide bonds. The van der Waals surface area contributed by atoms with Crippen molar-refractivity contribution in [2.24, 2.45) is 7.05 Å². The molecule has 0 saturated heterocycles. The molecule has 0 atom stereocenters. The van der Waals surface area contributed by atoms with Crippen LogP contribution in [0, 0.1) is 0 Å². The number of aromatic nitrogens is 3. The van der Waals surface area contributed by atoms with Crippen molar-refractivity contribution in [3.63, 3.8) is 0 Å². The highest BCUT2D eigenvalue weighted by Crippen LogP contribution is 2.22.